The van der Waals surface area contributed by atoms with E-state index in [0.717, 1.165) is 32.5 Å². The average molecular weight is 208 g/mol. The molecule has 2 aliphatic rings. The maximum atomic E-state index is 9.08. The first-order chi connectivity index (χ1) is 7.33. The van der Waals surface area contributed by atoms with Crippen LogP contribution in [0.3, 0.4) is 0 Å². The summed E-state index contributed by atoms with van der Waals surface area (Å²) in [4.78, 5) is 2.45. The highest BCUT2D eigenvalue weighted by molar-refractivity contribution is 4.98. The summed E-state index contributed by atoms with van der Waals surface area (Å²) in [5.41, 5.74) is 0. The molecule has 2 fully saturated rings. The van der Waals surface area contributed by atoms with E-state index in [1.165, 1.54) is 12.8 Å². The number of rotatable bonds is 2. The molecule has 0 radical (unpaired) electrons. The van der Waals surface area contributed by atoms with Gasteiger partial charge in [-0.3, -0.25) is 4.90 Å². The van der Waals surface area contributed by atoms with Crippen molar-refractivity contribution in [2.45, 2.75) is 44.2 Å². The zero-order valence-corrected chi connectivity index (χ0v) is 9.48. The van der Waals surface area contributed by atoms with Crippen molar-refractivity contribution in [1.82, 2.24) is 4.90 Å². The van der Waals surface area contributed by atoms with Gasteiger partial charge >= 0.3 is 0 Å². The molecule has 0 spiro atoms. The van der Waals surface area contributed by atoms with E-state index in [-0.39, 0.29) is 5.92 Å². The largest absolute Gasteiger partial charge is 0.381 e. The molecule has 0 aromatic rings. The molecule has 0 aromatic heterocycles. The van der Waals surface area contributed by atoms with Crippen LogP contribution in [0.25, 0.3) is 0 Å². The third-order valence-electron chi connectivity index (χ3n) is 3.94. The number of hydrogen-bond donors (Lipinski definition) is 0. The van der Waals surface area contributed by atoms with E-state index >= 15 is 0 Å². The lowest BCUT2D eigenvalue weighted by Gasteiger charge is -2.36. The van der Waals surface area contributed by atoms with Gasteiger partial charge in [-0.05, 0) is 32.7 Å². The van der Waals surface area contributed by atoms with Crippen molar-refractivity contribution in [3.05, 3.63) is 0 Å². The molecule has 0 bridgehead atoms. The van der Waals surface area contributed by atoms with Crippen LogP contribution in [0.5, 0.6) is 0 Å². The second kappa shape index (κ2) is 4.96. The summed E-state index contributed by atoms with van der Waals surface area (Å²) in [5.74, 6) is 0.262. The number of hydrogen-bond acceptors (Lipinski definition) is 3. The van der Waals surface area contributed by atoms with Gasteiger partial charge in [-0.25, -0.2) is 0 Å². The zero-order chi connectivity index (χ0) is 10.7. The highest BCUT2D eigenvalue weighted by atomic mass is 16.5. The molecule has 1 saturated heterocycles. The van der Waals surface area contributed by atoms with Gasteiger partial charge in [-0.1, -0.05) is 6.42 Å². The zero-order valence-electron chi connectivity index (χ0n) is 9.48. The smallest absolute Gasteiger partial charge is 0.0672 e. The second-order valence-corrected chi connectivity index (χ2v) is 4.74. The molecule has 1 aliphatic carbocycles. The van der Waals surface area contributed by atoms with Crippen molar-refractivity contribution < 1.29 is 4.74 Å². The fourth-order valence-corrected chi connectivity index (χ4v) is 2.94. The van der Waals surface area contributed by atoms with Crippen molar-refractivity contribution in [3.8, 4) is 6.07 Å². The Kier molecular flexibility index (Phi) is 3.61. The Bertz CT molecular complexity index is 242. The third kappa shape index (κ3) is 2.32. The highest BCUT2D eigenvalue weighted by Crippen LogP contribution is 2.31. The third-order valence-corrected chi connectivity index (χ3v) is 3.94. The van der Waals surface area contributed by atoms with Crippen LogP contribution in [0.15, 0.2) is 0 Å². The molecular formula is C12H20N2O. The van der Waals surface area contributed by atoms with E-state index in [1.807, 2.05) is 0 Å². The molecule has 3 nitrogen and oxygen atoms in total. The van der Waals surface area contributed by atoms with Crippen molar-refractivity contribution in [2.75, 3.05) is 20.3 Å². The van der Waals surface area contributed by atoms with Gasteiger partial charge < -0.3 is 4.74 Å². The van der Waals surface area contributed by atoms with E-state index in [4.69, 9.17) is 10.00 Å². The van der Waals surface area contributed by atoms with E-state index in [1.54, 1.807) is 0 Å². The Balaban J connectivity index is 1.94. The van der Waals surface area contributed by atoms with Crippen LogP contribution in [0.1, 0.15) is 32.1 Å². The summed E-state index contributed by atoms with van der Waals surface area (Å²) >= 11 is 0. The summed E-state index contributed by atoms with van der Waals surface area (Å²) in [5, 5.41) is 9.08. The predicted octanol–water partition coefficient (Wildman–Crippen LogP) is 1.79. The Hall–Kier alpha value is -0.590. The Labute approximate surface area is 92.0 Å². The van der Waals surface area contributed by atoms with Crippen LogP contribution in [-0.4, -0.2) is 37.2 Å². The van der Waals surface area contributed by atoms with Crippen molar-refractivity contribution in [2.24, 2.45) is 5.92 Å². The molecule has 15 heavy (non-hydrogen) atoms. The van der Waals surface area contributed by atoms with Gasteiger partial charge in [-0.15, -0.1) is 0 Å². The van der Waals surface area contributed by atoms with E-state index in [9.17, 15) is 0 Å². The molecule has 1 aliphatic heterocycles. The van der Waals surface area contributed by atoms with Gasteiger partial charge in [0.2, 0.25) is 0 Å². The van der Waals surface area contributed by atoms with Crippen molar-refractivity contribution in [3.63, 3.8) is 0 Å². The molecule has 2 rings (SSSR count). The maximum absolute atomic E-state index is 9.08. The van der Waals surface area contributed by atoms with E-state index in [2.05, 4.69) is 18.0 Å². The van der Waals surface area contributed by atoms with Crippen LogP contribution in [0, 0.1) is 17.2 Å². The Morgan fingerprint density at radius 2 is 1.93 bits per heavy atom. The van der Waals surface area contributed by atoms with Gasteiger partial charge in [0, 0.05) is 25.3 Å². The van der Waals surface area contributed by atoms with Gasteiger partial charge in [0.25, 0.3) is 0 Å². The van der Waals surface area contributed by atoms with E-state index < -0.39 is 0 Å². The number of ether oxygens (including phenoxy) is 1. The van der Waals surface area contributed by atoms with Crippen LogP contribution in [0.2, 0.25) is 0 Å². The van der Waals surface area contributed by atoms with Crippen LogP contribution >= 0.6 is 0 Å². The topological polar surface area (TPSA) is 36.3 Å². The molecule has 84 valence electrons. The first-order valence-corrected chi connectivity index (χ1v) is 6.02. The summed E-state index contributed by atoms with van der Waals surface area (Å²) in [7, 11) is 2.19. The van der Waals surface area contributed by atoms with Gasteiger partial charge in [0.05, 0.1) is 12.0 Å². The average Bonchev–Trinajstić information content (AvgIpc) is 2.77. The molecule has 1 saturated carbocycles. The monoisotopic (exact) mass is 208 g/mol. The summed E-state index contributed by atoms with van der Waals surface area (Å²) in [6, 6.07) is 3.60. The SMILES string of the molecule is CN(C1CCOCC1)C1CCCC1C#N. The number of nitrogens with zero attached hydrogens (tertiary/aromatic N) is 2. The minimum absolute atomic E-state index is 0.262. The fraction of sp³-hybridized carbons (Fsp3) is 0.917. The Morgan fingerprint density at radius 3 is 2.60 bits per heavy atom. The first kappa shape index (κ1) is 10.9. The van der Waals surface area contributed by atoms with Crippen LogP contribution in [-0.2, 0) is 4.74 Å². The summed E-state index contributed by atoms with van der Waals surface area (Å²) < 4.78 is 5.37. The lowest BCUT2D eigenvalue weighted by molar-refractivity contribution is 0.0254. The molecule has 1 heterocycles. The van der Waals surface area contributed by atoms with Gasteiger partial charge in [-0.2, -0.15) is 5.26 Å². The molecule has 2 atom stereocenters. The van der Waals surface area contributed by atoms with Crippen LogP contribution in [0.4, 0.5) is 0 Å². The second-order valence-electron chi connectivity index (χ2n) is 4.74. The summed E-state index contributed by atoms with van der Waals surface area (Å²) in [6.45, 7) is 1.78. The molecular weight excluding hydrogens is 188 g/mol. The minimum atomic E-state index is 0.262. The van der Waals surface area contributed by atoms with Gasteiger partial charge in [0.15, 0.2) is 0 Å². The van der Waals surface area contributed by atoms with Crippen molar-refractivity contribution >= 4 is 0 Å². The highest BCUT2D eigenvalue weighted by Gasteiger charge is 2.33. The normalized spacial score (nSPS) is 33.1. The standard InChI is InChI=1S/C12H20N2O/c1-14(11-5-7-15-8-6-11)12-4-2-3-10(12)9-13/h10-12H,2-8H2,1H3. The lowest BCUT2D eigenvalue weighted by atomic mass is 9.99. The van der Waals surface area contributed by atoms with Gasteiger partial charge in [0.1, 0.15) is 0 Å². The molecule has 0 aromatic carbocycles. The quantitative estimate of drug-likeness (QED) is 0.694. The number of nitriles is 1. The molecule has 0 N–H and O–H groups in total. The maximum Gasteiger partial charge on any atom is 0.0672 e. The molecule has 0 amide bonds. The van der Waals surface area contributed by atoms with E-state index in [0.29, 0.717) is 12.1 Å². The van der Waals surface area contributed by atoms with Crippen LogP contribution < -0.4 is 0 Å². The van der Waals surface area contributed by atoms with Crippen molar-refractivity contribution in [1.29, 1.82) is 5.26 Å². The molecule has 2 unspecified atom stereocenters. The fourth-order valence-electron chi connectivity index (χ4n) is 2.94. The molecule has 3 heteroatoms. The first-order valence-electron chi connectivity index (χ1n) is 6.02. The minimum Gasteiger partial charge on any atom is -0.381 e. The summed E-state index contributed by atoms with van der Waals surface area (Å²) in [6.07, 6.45) is 5.77. The Morgan fingerprint density at radius 1 is 1.20 bits per heavy atom. The predicted molar refractivity (Wildman–Crippen MR) is 58.3 cm³/mol. The lowest BCUT2D eigenvalue weighted by Crippen LogP contribution is -2.44.